The van der Waals surface area contributed by atoms with Crippen molar-refractivity contribution in [3.63, 3.8) is 0 Å². The third kappa shape index (κ3) is 5.24. The van der Waals surface area contributed by atoms with E-state index in [4.69, 9.17) is 4.74 Å². The summed E-state index contributed by atoms with van der Waals surface area (Å²) in [4.78, 5) is 36.5. The van der Waals surface area contributed by atoms with E-state index in [2.05, 4.69) is 6.58 Å². The van der Waals surface area contributed by atoms with Crippen LogP contribution in [0.2, 0.25) is 0 Å². The molecule has 0 spiro atoms. The Bertz CT molecular complexity index is 835. The SMILES string of the molecule is C=CC(=O)N(Cc1ccccc1[N+](=O)[O-])[C@@H](C)C(=O)OCc1ccccc1. The van der Waals surface area contributed by atoms with Gasteiger partial charge in [-0.2, -0.15) is 0 Å². The topological polar surface area (TPSA) is 89.8 Å². The van der Waals surface area contributed by atoms with E-state index in [1.165, 1.54) is 17.9 Å². The Morgan fingerprint density at radius 3 is 2.44 bits per heavy atom. The highest BCUT2D eigenvalue weighted by atomic mass is 16.6. The van der Waals surface area contributed by atoms with Crippen LogP contribution in [0.4, 0.5) is 5.69 Å². The van der Waals surface area contributed by atoms with E-state index in [1.54, 1.807) is 18.2 Å². The van der Waals surface area contributed by atoms with E-state index in [1.807, 2.05) is 30.3 Å². The first-order valence-electron chi connectivity index (χ1n) is 8.30. The highest BCUT2D eigenvalue weighted by Gasteiger charge is 2.28. The van der Waals surface area contributed by atoms with Gasteiger partial charge in [0.05, 0.1) is 11.5 Å². The van der Waals surface area contributed by atoms with Crippen molar-refractivity contribution in [3.8, 4) is 0 Å². The smallest absolute Gasteiger partial charge is 0.328 e. The molecule has 1 atom stereocenters. The minimum atomic E-state index is -0.931. The molecule has 0 aliphatic heterocycles. The van der Waals surface area contributed by atoms with Gasteiger partial charge in [0.1, 0.15) is 12.6 Å². The van der Waals surface area contributed by atoms with E-state index in [-0.39, 0.29) is 18.8 Å². The van der Waals surface area contributed by atoms with Gasteiger partial charge in [0.15, 0.2) is 0 Å². The average Bonchev–Trinajstić information content (AvgIpc) is 2.70. The predicted molar refractivity (Wildman–Crippen MR) is 99.5 cm³/mol. The van der Waals surface area contributed by atoms with E-state index in [0.717, 1.165) is 11.6 Å². The molecule has 7 nitrogen and oxygen atoms in total. The van der Waals surface area contributed by atoms with Crippen LogP contribution in [0.3, 0.4) is 0 Å². The number of hydrogen-bond donors (Lipinski definition) is 0. The molecule has 2 aromatic carbocycles. The minimum Gasteiger partial charge on any atom is -0.459 e. The zero-order valence-corrected chi connectivity index (χ0v) is 14.9. The van der Waals surface area contributed by atoms with Gasteiger partial charge in [0.2, 0.25) is 5.91 Å². The molecule has 0 saturated heterocycles. The summed E-state index contributed by atoms with van der Waals surface area (Å²) in [5.74, 6) is -1.12. The lowest BCUT2D eigenvalue weighted by Gasteiger charge is -2.26. The summed E-state index contributed by atoms with van der Waals surface area (Å²) in [6.07, 6.45) is 1.07. The lowest BCUT2D eigenvalue weighted by Crippen LogP contribution is -2.42. The molecule has 0 aliphatic carbocycles. The van der Waals surface area contributed by atoms with Crippen molar-refractivity contribution in [2.24, 2.45) is 0 Å². The van der Waals surface area contributed by atoms with Crippen molar-refractivity contribution < 1.29 is 19.2 Å². The van der Waals surface area contributed by atoms with E-state index in [0.29, 0.717) is 5.56 Å². The second kappa shape index (κ2) is 9.28. The quantitative estimate of drug-likeness (QED) is 0.309. The second-order valence-corrected chi connectivity index (χ2v) is 5.83. The van der Waals surface area contributed by atoms with Crippen molar-refractivity contribution >= 4 is 17.6 Å². The van der Waals surface area contributed by atoms with Crippen LogP contribution in [0.25, 0.3) is 0 Å². The fourth-order valence-corrected chi connectivity index (χ4v) is 2.51. The molecule has 0 bridgehead atoms. The van der Waals surface area contributed by atoms with Crippen LogP contribution in [0.15, 0.2) is 67.3 Å². The molecule has 0 fully saturated rings. The predicted octanol–water partition coefficient (Wildman–Crippen LogP) is 3.24. The molecule has 27 heavy (non-hydrogen) atoms. The van der Waals surface area contributed by atoms with Crippen molar-refractivity contribution in [1.82, 2.24) is 4.90 Å². The largest absolute Gasteiger partial charge is 0.459 e. The fourth-order valence-electron chi connectivity index (χ4n) is 2.51. The summed E-state index contributed by atoms with van der Waals surface area (Å²) in [6, 6.07) is 14.3. The summed E-state index contributed by atoms with van der Waals surface area (Å²) in [5.41, 5.74) is 1.02. The molecule has 0 aromatic heterocycles. The number of carbonyl (C=O) groups is 2. The molecular formula is C20H20N2O5. The maximum Gasteiger partial charge on any atom is 0.328 e. The molecular weight excluding hydrogens is 348 g/mol. The van der Waals surface area contributed by atoms with E-state index < -0.39 is 22.8 Å². The molecule has 0 saturated carbocycles. The van der Waals surface area contributed by atoms with Crippen LogP contribution in [0.1, 0.15) is 18.1 Å². The van der Waals surface area contributed by atoms with Crippen molar-refractivity contribution in [2.75, 3.05) is 0 Å². The zero-order chi connectivity index (χ0) is 19.8. The van der Waals surface area contributed by atoms with Gasteiger partial charge >= 0.3 is 5.97 Å². The third-order valence-electron chi connectivity index (χ3n) is 4.02. The number of hydrogen-bond acceptors (Lipinski definition) is 5. The number of nitrogens with zero attached hydrogens (tertiary/aromatic N) is 2. The van der Waals surface area contributed by atoms with Crippen LogP contribution in [-0.2, 0) is 27.5 Å². The van der Waals surface area contributed by atoms with Gasteiger partial charge in [-0.15, -0.1) is 0 Å². The second-order valence-electron chi connectivity index (χ2n) is 5.83. The number of esters is 1. The molecule has 1 amide bonds. The van der Waals surface area contributed by atoms with Crippen LogP contribution >= 0.6 is 0 Å². The normalized spacial score (nSPS) is 11.3. The van der Waals surface area contributed by atoms with Gasteiger partial charge in [-0.3, -0.25) is 14.9 Å². The highest BCUT2D eigenvalue weighted by molar-refractivity contribution is 5.91. The third-order valence-corrected chi connectivity index (χ3v) is 4.02. The maximum atomic E-state index is 12.4. The number of para-hydroxylation sites is 1. The van der Waals surface area contributed by atoms with Crippen LogP contribution < -0.4 is 0 Å². The summed E-state index contributed by atoms with van der Waals surface area (Å²) >= 11 is 0. The van der Waals surface area contributed by atoms with E-state index >= 15 is 0 Å². The number of carbonyl (C=O) groups excluding carboxylic acids is 2. The number of amides is 1. The maximum absolute atomic E-state index is 12.4. The summed E-state index contributed by atoms with van der Waals surface area (Å²) in [6.45, 7) is 4.92. The number of benzene rings is 2. The molecule has 2 rings (SSSR count). The molecule has 140 valence electrons. The number of ether oxygens (including phenoxy) is 1. The van der Waals surface area contributed by atoms with Gasteiger partial charge in [0.25, 0.3) is 5.69 Å². The van der Waals surface area contributed by atoms with Gasteiger partial charge < -0.3 is 9.64 Å². The molecule has 0 unspecified atom stereocenters. The van der Waals surface area contributed by atoms with Gasteiger partial charge in [-0.1, -0.05) is 55.1 Å². The summed E-state index contributed by atoms with van der Waals surface area (Å²) < 4.78 is 5.28. The summed E-state index contributed by atoms with van der Waals surface area (Å²) in [7, 11) is 0. The molecule has 7 heteroatoms. The fraction of sp³-hybridized carbons (Fsp3) is 0.200. The molecule has 0 radical (unpaired) electrons. The molecule has 2 aromatic rings. The Morgan fingerprint density at radius 2 is 1.81 bits per heavy atom. The van der Waals surface area contributed by atoms with Crippen molar-refractivity contribution in [1.29, 1.82) is 0 Å². The number of nitro benzene ring substituents is 1. The first-order chi connectivity index (χ1) is 12.9. The van der Waals surface area contributed by atoms with Crippen LogP contribution in [0.5, 0.6) is 0 Å². The first-order valence-corrected chi connectivity index (χ1v) is 8.30. The monoisotopic (exact) mass is 368 g/mol. The van der Waals surface area contributed by atoms with E-state index in [9.17, 15) is 19.7 Å². The lowest BCUT2D eigenvalue weighted by molar-refractivity contribution is -0.385. The average molecular weight is 368 g/mol. The molecule has 0 N–H and O–H groups in total. The molecule has 0 aliphatic rings. The van der Waals surface area contributed by atoms with Gasteiger partial charge in [0, 0.05) is 11.6 Å². The number of rotatable bonds is 8. The number of nitro groups is 1. The Hall–Kier alpha value is -3.48. The van der Waals surface area contributed by atoms with Crippen LogP contribution in [-0.4, -0.2) is 27.7 Å². The van der Waals surface area contributed by atoms with Crippen LogP contribution in [0, 0.1) is 10.1 Å². The molecule has 0 heterocycles. The standard InChI is InChI=1S/C20H20N2O5/c1-3-19(23)21(13-17-11-7-8-12-18(17)22(25)26)15(2)20(24)27-14-16-9-5-4-6-10-16/h3-12,15H,1,13-14H2,2H3/t15-/m0/s1. The Labute approximate surface area is 157 Å². The van der Waals surface area contributed by atoms with Gasteiger partial charge in [-0.05, 0) is 18.6 Å². The highest BCUT2D eigenvalue weighted by Crippen LogP contribution is 2.21. The van der Waals surface area contributed by atoms with Gasteiger partial charge in [-0.25, -0.2) is 4.79 Å². The van der Waals surface area contributed by atoms with Crippen molar-refractivity contribution in [2.45, 2.75) is 26.1 Å². The first kappa shape index (κ1) is 19.8. The lowest BCUT2D eigenvalue weighted by atomic mass is 10.1. The Morgan fingerprint density at radius 1 is 1.19 bits per heavy atom. The Kier molecular flexibility index (Phi) is 6.82. The van der Waals surface area contributed by atoms with Crippen molar-refractivity contribution in [3.05, 3.63) is 88.5 Å². The summed E-state index contributed by atoms with van der Waals surface area (Å²) in [5, 5.41) is 11.2. The zero-order valence-electron chi connectivity index (χ0n) is 14.9. The Balaban J connectivity index is 2.15. The minimum absolute atomic E-state index is 0.0750.